The highest BCUT2D eigenvalue weighted by Gasteiger charge is 2.12. The normalized spacial score (nSPS) is 12.3. The molecule has 0 unspecified atom stereocenters. The average molecular weight is 251 g/mol. The standard InChI is InChI=1S/C13H25N5/c1-12(2,3)7-15-10-6-11(18-9-17-10)16-8-13(4,5)14/h6,9H,7-8,14H2,1-5H3,(H2,15,16,17,18). The lowest BCUT2D eigenvalue weighted by atomic mass is 9.97. The first-order valence-electron chi connectivity index (χ1n) is 6.24. The number of nitrogens with zero attached hydrogens (tertiary/aromatic N) is 2. The van der Waals surface area contributed by atoms with E-state index in [1.54, 1.807) is 6.33 Å². The summed E-state index contributed by atoms with van der Waals surface area (Å²) < 4.78 is 0. The molecule has 0 aromatic carbocycles. The highest BCUT2D eigenvalue weighted by molar-refractivity contribution is 5.46. The summed E-state index contributed by atoms with van der Waals surface area (Å²) in [7, 11) is 0. The molecule has 0 saturated carbocycles. The summed E-state index contributed by atoms with van der Waals surface area (Å²) >= 11 is 0. The Labute approximate surface area is 110 Å². The van der Waals surface area contributed by atoms with Crippen LogP contribution in [-0.4, -0.2) is 28.6 Å². The summed E-state index contributed by atoms with van der Waals surface area (Å²) in [5, 5.41) is 6.51. The molecule has 0 saturated heterocycles. The minimum Gasteiger partial charge on any atom is -0.369 e. The van der Waals surface area contributed by atoms with Crippen LogP contribution in [0.25, 0.3) is 0 Å². The molecule has 5 heteroatoms. The Bertz CT molecular complexity index is 342. The smallest absolute Gasteiger partial charge is 0.131 e. The number of nitrogens with two attached hydrogens (primary N) is 1. The van der Waals surface area contributed by atoms with Gasteiger partial charge in [-0.1, -0.05) is 20.8 Å². The fourth-order valence-corrected chi connectivity index (χ4v) is 1.22. The molecule has 0 spiro atoms. The molecule has 0 amide bonds. The van der Waals surface area contributed by atoms with Crippen LogP contribution in [-0.2, 0) is 0 Å². The van der Waals surface area contributed by atoms with Crippen molar-refractivity contribution < 1.29 is 0 Å². The summed E-state index contributed by atoms with van der Waals surface area (Å²) in [6.07, 6.45) is 1.55. The monoisotopic (exact) mass is 251 g/mol. The third kappa shape index (κ3) is 6.39. The van der Waals surface area contributed by atoms with Gasteiger partial charge in [0.1, 0.15) is 18.0 Å². The van der Waals surface area contributed by atoms with E-state index < -0.39 is 0 Å². The van der Waals surface area contributed by atoms with Crippen LogP contribution in [0.5, 0.6) is 0 Å². The fourth-order valence-electron chi connectivity index (χ4n) is 1.22. The number of nitrogens with one attached hydrogen (secondary N) is 2. The van der Waals surface area contributed by atoms with Gasteiger partial charge in [0.25, 0.3) is 0 Å². The first-order chi connectivity index (χ1) is 8.16. The fraction of sp³-hybridized carbons (Fsp3) is 0.692. The second-order valence-corrected chi connectivity index (χ2v) is 6.54. The largest absolute Gasteiger partial charge is 0.369 e. The number of aromatic nitrogens is 2. The second-order valence-electron chi connectivity index (χ2n) is 6.54. The minimum atomic E-state index is -0.260. The maximum absolute atomic E-state index is 5.92. The van der Waals surface area contributed by atoms with Gasteiger partial charge in [-0.15, -0.1) is 0 Å². The topological polar surface area (TPSA) is 75.9 Å². The molecule has 0 bridgehead atoms. The molecule has 0 aliphatic carbocycles. The van der Waals surface area contributed by atoms with Gasteiger partial charge in [-0.2, -0.15) is 0 Å². The van der Waals surface area contributed by atoms with E-state index in [1.165, 1.54) is 0 Å². The summed E-state index contributed by atoms with van der Waals surface area (Å²) in [5.41, 5.74) is 5.88. The van der Waals surface area contributed by atoms with E-state index in [0.717, 1.165) is 18.2 Å². The molecule has 18 heavy (non-hydrogen) atoms. The summed E-state index contributed by atoms with van der Waals surface area (Å²) in [4.78, 5) is 8.36. The maximum Gasteiger partial charge on any atom is 0.131 e. The van der Waals surface area contributed by atoms with E-state index in [9.17, 15) is 0 Å². The lowest BCUT2D eigenvalue weighted by molar-refractivity contribution is 0.442. The van der Waals surface area contributed by atoms with Crippen molar-refractivity contribution in [2.24, 2.45) is 11.1 Å². The van der Waals surface area contributed by atoms with E-state index in [2.05, 4.69) is 41.4 Å². The van der Waals surface area contributed by atoms with Gasteiger partial charge < -0.3 is 16.4 Å². The summed E-state index contributed by atoms with van der Waals surface area (Å²) in [6, 6.07) is 1.90. The maximum atomic E-state index is 5.92. The lowest BCUT2D eigenvalue weighted by Crippen LogP contribution is -2.39. The molecule has 1 heterocycles. The zero-order valence-electron chi connectivity index (χ0n) is 12.0. The molecule has 0 aliphatic heterocycles. The first-order valence-corrected chi connectivity index (χ1v) is 6.24. The van der Waals surface area contributed by atoms with Crippen LogP contribution in [0.2, 0.25) is 0 Å². The molecule has 4 N–H and O–H groups in total. The van der Waals surface area contributed by atoms with Gasteiger partial charge in [-0.25, -0.2) is 9.97 Å². The van der Waals surface area contributed by atoms with Gasteiger partial charge in [-0.3, -0.25) is 0 Å². The molecule has 1 aromatic heterocycles. The Hall–Kier alpha value is -1.36. The Morgan fingerprint density at radius 3 is 1.94 bits per heavy atom. The molecular formula is C13H25N5. The zero-order valence-corrected chi connectivity index (χ0v) is 12.0. The molecule has 1 aromatic rings. The number of rotatable bonds is 5. The molecule has 102 valence electrons. The molecule has 0 fully saturated rings. The zero-order chi connectivity index (χ0) is 13.8. The van der Waals surface area contributed by atoms with Gasteiger partial charge in [0.05, 0.1) is 0 Å². The van der Waals surface area contributed by atoms with Crippen LogP contribution in [0.4, 0.5) is 11.6 Å². The SMILES string of the molecule is CC(C)(C)CNc1cc(NCC(C)(C)N)ncn1. The Kier molecular flexibility index (Phi) is 4.51. The molecule has 0 radical (unpaired) electrons. The quantitative estimate of drug-likeness (QED) is 0.747. The molecule has 0 atom stereocenters. The molecular weight excluding hydrogens is 226 g/mol. The lowest BCUT2D eigenvalue weighted by Gasteiger charge is -2.20. The second kappa shape index (κ2) is 5.52. The number of hydrogen-bond acceptors (Lipinski definition) is 5. The van der Waals surface area contributed by atoms with Crippen LogP contribution in [0.15, 0.2) is 12.4 Å². The van der Waals surface area contributed by atoms with Crippen LogP contribution < -0.4 is 16.4 Å². The Balaban J connectivity index is 2.57. The van der Waals surface area contributed by atoms with E-state index in [-0.39, 0.29) is 11.0 Å². The highest BCUT2D eigenvalue weighted by atomic mass is 15.1. The van der Waals surface area contributed by atoms with Gasteiger partial charge in [0, 0.05) is 24.7 Å². The number of anilines is 2. The Morgan fingerprint density at radius 2 is 1.50 bits per heavy atom. The van der Waals surface area contributed by atoms with E-state index in [1.807, 2.05) is 19.9 Å². The van der Waals surface area contributed by atoms with Crippen LogP contribution >= 0.6 is 0 Å². The number of hydrogen-bond donors (Lipinski definition) is 3. The van der Waals surface area contributed by atoms with Gasteiger partial charge in [-0.05, 0) is 19.3 Å². The molecule has 1 rings (SSSR count). The summed E-state index contributed by atoms with van der Waals surface area (Å²) in [6.45, 7) is 12.0. The van der Waals surface area contributed by atoms with Crippen LogP contribution in [0.3, 0.4) is 0 Å². The van der Waals surface area contributed by atoms with Gasteiger partial charge in [0.15, 0.2) is 0 Å². The van der Waals surface area contributed by atoms with Crippen molar-refractivity contribution >= 4 is 11.6 Å². The third-order valence-corrected chi connectivity index (χ3v) is 2.19. The van der Waals surface area contributed by atoms with Crippen molar-refractivity contribution in [1.82, 2.24) is 9.97 Å². The van der Waals surface area contributed by atoms with E-state index >= 15 is 0 Å². The summed E-state index contributed by atoms with van der Waals surface area (Å²) in [5.74, 6) is 1.62. The predicted molar refractivity (Wildman–Crippen MR) is 76.7 cm³/mol. The average Bonchev–Trinajstić information content (AvgIpc) is 2.22. The van der Waals surface area contributed by atoms with E-state index in [0.29, 0.717) is 6.54 Å². The van der Waals surface area contributed by atoms with Gasteiger partial charge >= 0.3 is 0 Å². The Morgan fingerprint density at radius 1 is 1.00 bits per heavy atom. The van der Waals surface area contributed by atoms with E-state index in [4.69, 9.17) is 5.73 Å². The van der Waals surface area contributed by atoms with Crippen LogP contribution in [0.1, 0.15) is 34.6 Å². The molecule has 5 nitrogen and oxygen atoms in total. The van der Waals surface area contributed by atoms with Crippen LogP contribution in [0, 0.1) is 5.41 Å². The van der Waals surface area contributed by atoms with Crippen molar-refractivity contribution in [1.29, 1.82) is 0 Å². The van der Waals surface area contributed by atoms with Crippen molar-refractivity contribution in [2.45, 2.75) is 40.2 Å². The van der Waals surface area contributed by atoms with Crippen molar-refractivity contribution in [3.8, 4) is 0 Å². The van der Waals surface area contributed by atoms with Crippen molar-refractivity contribution in [3.05, 3.63) is 12.4 Å². The minimum absolute atomic E-state index is 0.220. The van der Waals surface area contributed by atoms with Gasteiger partial charge in [0.2, 0.25) is 0 Å². The predicted octanol–water partition coefficient (Wildman–Crippen LogP) is 2.08. The van der Waals surface area contributed by atoms with Crippen molar-refractivity contribution in [2.75, 3.05) is 23.7 Å². The molecule has 0 aliphatic rings. The third-order valence-electron chi connectivity index (χ3n) is 2.19. The highest BCUT2D eigenvalue weighted by Crippen LogP contribution is 2.15. The van der Waals surface area contributed by atoms with Crippen molar-refractivity contribution in [3.63, 3.8) is 0 Å². The first kappa shape index (κ1) is 14.7.